The van der Waals surface area contributed by atoms with Crippen LogP contribution >= 0.6 is 11.6 Å². The van der Waals surface area contributed by atoms with Gasteiger partial charge in [-0.1, -0.05) is 12.1 Å². The van der Waals surface area contributed by atoms with Gasteiger partial charge in [0.15, 0.2) is 0 Å². The van der Waals surface area contributed by atoms with Crippen molar-refractivity contribution < 1.29 is 9.47 Å². The number of hydrogen-bond donors (Lipinski definition) is 0. The van der Waals surface area contributed by atoms with Crippen LogP contribution in [-0.4, -0.2) is 19.8 Å². The molecule has 0 radical (unpaired) electrons. The summed E-state index contributed by atoms with van der Waals surface area (Å²) in [7, 11) is 0. The van der Waals surface area contributed by atoms with Crippen molar-refractivity contribution >= 4 is 11.6 Å². The minimum Gasteiger partial charge on any atom is -0.494 e. The maximum absolute atomic E-state index is 6.37. The first-order valence-electron chi connectivity index (χ1n) is 5.16. The monoisotopic (exact) mass is 226 g/mol. The predicted molar refractivity (Wildman–Crippen MR) is 60.7 cm³/mol. The van der Waals surface area contributed by atoms with E-state index < -0.39 is 0 Å². The van der Waals surface area contributed by atoms with Gasteiger partial charge in [-0.05, 0) is 31.0 Å². The van der Waals surface area contributed by atoms with E-state index in [1.807, 2.05) is 26.0 Å². The van der Waals surface area contributed by atoms with Crippen molar-refractivity contribution in [1.82, 2.24) is 0 Å². The molecule has 15 heavy (non-hydrogen) atoms. The molecule has 0 atom stereocenters. The van der Waals surface area contributed by atoms with Gasteiger partial charge in [-0.2, -0.15) is 0 Å². The second-order valence-electron chi connectivity index (χ2n) is 3.87. The molecule has 1 aromatic rings. The lowest BCUT2D eigenvalue weighted by molar-refractivity contribution is -0.0152. The molecule has 2 nitrogen and oxygen atoms in total. The molecule has 0 spiro atoms. The van der Waals surface area contributed by atoms with Gasteiger partial charge in [0.2, 0.25) is 0 Å². The fourth-order valence-corrected chi connectivity index (χ4v) is 1.97. The van der Waals surface area contributed by atoms with E-state index in [4.69, 9.17) is 21.1 Å². The summed E-state index contributed by atoms with van der Waals surface area (Å²) in [5.74, 6) is 0.932. The second kappa shape index (κ2) is 4.03. The summed E-state index contributed by atoms with van der Waals surface area (Å²) >= 11 is 6.37. The van der Waals surface area contributed by atoms with E-state index in [1.165, 1.54) is 0 Å². The van der Waals surface area contributed by atoms with Gasteiger partial charge in [0.25, 0.3) is 0 Å². The van der Waals surface area contributed by atoms with Gasteiger partial charge in [-0.15, -0.1) is 11.6 Å². The molecule has 82 valence electrons. The molecule has 0 N–H and O–H groups in total. The molecule has 0 unspecified atom stereocenters. The zero-order valence-corrected chi connectivity index (χ0v) is 9.80. The molecular weight excluding hydrogens is 212 g/mol. The van der Waals surface area contributed by atoms with Gasteiger partial charge in [0, 0.05) is 0 Å². The van der Waals surface area contributed by atoms with Crippen LogP contribution < -0.4 is 4.74 Å². The van der Waals surface area contributed by atoms with E-state index >= 15 is 0 Å². The SMILES string of the molecule is CCOc1ccc(C2(Cl)COC2)cc1C. The molecule has 3 heteroatoms. The number of aryl methyl sites for hydroxylation is 1. The maximum atomic E-state index is 6.37. The third-order valence-electron chi connectivity index (χ3n) is 2.65. The molecule has 0 aliphatic carbocycles. The van der Waals surface area contributed by atoms with Crippen molar-refractivity contribution in [1.29, 1.82) is 0 Å². The van der Waals surface area contributed by atoms with Crippen molar-refractivity contribution in [2.24, 2.45) is 0 Å². The molecule has 0 saturated carbocycles. The molecule has 1 saturated heterocycles. The first-order valence-corrected chi connectivity index (χ1v) is 5.54. The van der Waals surface area contributed by atoms with Gasteiger partial charge in [0.05, 0.1) is 19.8 Å². The molecule has 0 amide bonds. The van der Waals surface area contributed by atoms with Crippen LogP contribution in [0.25, 0.3) is 0 Å². The number of alkyl halides is 1. The third kappa shape index (κ3) is 1.97. The summed E-state index contributed by atoms with van der Waals surface area (Å²) in [6.45, 7) is 5.91. The number of rotatable bonds is 3. The summed E-state index contributed by atoms with van der Waals surface area (Å²) < 4.78 is 10.6. The Bertz CT molecular complexity index is 359. The largest absolute Gasteiger partial charge is 0.494 e. The van der Waals surface area contributed by atoms with Crippen LogP contribution in [0, 0.1) is 6.92 Å². The molecule has 0 bridgehead atoms. The van der Waals surface area contributed by atoms with E-state index in [1.54, 1.807) is 0 Å². The Hall–Kier alpha value is -0.730. The van der Waals surface area contributed by atoms with Crippen molar-refractivity contribution in [2.45, 2.75) is 18.7 Å². The van der Waals surface area contributed by atoms with E-state index in [0.717, 1.165) is 16.9 Å². The molecule has 1 heterocycles. The van der Waals surface area contributed by atoms with Crippen LogP contribution in [0.15, 0.2) is 18.2 Å². The Morgan fingerprint density at radius 1 is 1.47 bits per heavy atom. The Balaban J connectivity index is 2.25. The third-order valence-corrected chi connectivity index (χ3v) is 3.09. The summed E-state index contributed by atoms with van der Waals surface area (Å²) in [6, 6.07) is 6.09. The quantitative estimate of drug-likeness (QED) is 0.738. The summed E-state index contributed by atoms with van der Waals surface area (Å²) in [5.41, 5.74) is 2.25. The highest BCUT2D eigenvalue weighted by atomic mass is 35.5. The molecule has 1 fully saturated rings. The van der Waals surface area contributed by atoms with E-state index in [9.17, 15) is 0 Å². The van der Waals surface area contributed by atoms with Crippen LogP contribution in [0.5, 0.6) is 5.75 Å². The lowest BCUT2D eigenvalue weighted by Gasteiger charge is -2.36. The average Bonchev–Trinajstić information content (AvgIpc) is 2.18. The predicted octanol–water partition coefficient (Wildman–Crippen LogP) is 2.86. The topological polar surface area (TPSA) is 18.5 Å². The molecular formula is C12H15ClO2. The Labute approximate surface area is 95.1 Å². The molecule has 1 aliphatic heterocycles. The summed E-state index contributed by atoms with van der Waals surface area (Å²) in [4.78, 5) is -0.310. The van der Waals surface area contributed by atoms with Gasteiger partial charge in [-0.3, -0.25) is 0 Å². The molecule has 1 aliphatic rings. The van der Waals surface area contributed by atoms with Gasteiger partial charge in [0.1, 0.15) is 10.6 Å². The summed E-state index contributed by atoms with van der Waals surface area (Å²) in [5, 5.41) is 0. The van der Waals surface area contributed by atoms with E-state index in [2.05, 4.69) is 6.07 Å². The number of hydrogen-bond acceptors (Lipinski definition) is 2. The molecule has 0 aromatic heterocycles. The Morgan fingerprint density at radius 2 is 2.20 bits per heavy atom. The summed E-state index contributed by atoms with van der Waals surface area (Å²) in [6.07, 6.45) is 0. The van der Waals surface area contributed by atoms with Gasteiger partial charge < -0.3 is 9.47 Å². The van der Waals surface area contributed by atoms with Crippen molar-refractivity contribution in [2.75, 3.05) is 19.8 Å². The highest BCUT2D eigenvalue weighted by Crippen LogP contribution is 2.38. The number of benzene rings is 1. The van der Waals surface area contributed by atoms with Gasteiger partial charge in [-0.25, -0.2) is 0 Å². The smallest absolute Gasteiger partial charge is 0.122 e. The number of halogens is 1. The van der Waals surface area contributed by atoms with E-state index in [0.29, 0.717) is 19.8 Å². The normalized spacial score (nSPS) is 18.3. The average molecular weight is 227 g/mol. The Kier molecular flexibility index (Phi) is 2.89. The van der Waals surface area contributed by atoms with Crippen molar-refractivity contribution in [3.8, 4) is 5.75 Å². The Morgan fingerprint density at radius 3 is 2.67 bits per heavy atom. The first kappa shape index (κ1) is 10.8. The zero-order chi connectivity index (χ0) is 10.9. The fourth-order valence-electron chi connectivity index (χ4n) is 1.69. The maximum Gasteiger partial charge on any atom is 0.122 e. The highest BCUT2D eigenvalue weighted by molar-refractivity contribution is 6.24. The standard InChI is InChI=1S/C12H15ClO2/c1-3-15-11-5-4-10(6-9(11)2)12(13)7-14-8-12/h4-6H,3,7-8H2,1-2H3. The van der Waals surface area contributed by atoms with Crippen molar-refractivity contribution in [3.05, 3.63) is 29.3 Å². The minimum absolute atomic E-state index is 0.310. The van der Waals surface area contributed by atoms with Crippen LogP contribution in [-0.2, 0) is 9.61 Å². The lowest BCUT2D eigenvalue weighted by Crippen LogP contribution is -2.41. The lowest BCUT2D eigenvalue weighted by atomic mass is 9.95. The molecule has 1 aromatic carbocycles. The second-order valence-corrected chi connectivity index (χ2v) is 4.59. The van der Waals surface area contributed by atoms with Crippen LogP contribution in [0.3, 0.4) is 0 Å². The first-order chi connectivity index (χ1) is 7.15. The van der Waals surface area contributed by atoms with E-state index in [-0.39, 0.29) is 4.87 Å². The zero-order valence-electron chi connectivity index (χ0n) is 9.05. The minimum atomic E-state index is -0.310. The van der Waals surface area contributed by atoms with Crippen LogP contribution in [0.4, 0.5) is 0 Å². The highest BCUT2D eigenvalue weighted by Gasteiger charge is 2.38. The van der Waals surface area contributed by atoms with Crippen LogP contribution in [0.2, 0.25) is 0 Å². The van der Waals surface area contributed by atoms with Crippen molar-refractivity contribution in [3.63, 3.8) is 0 Å². The fraction of sp³-hybridized carbons (Fsp3) is 0.500. The van der Waals surface area contributed by atoms with Gasteiger partial charge >= 0.3 is 0 Å². The van der Waals surface area contributed by atoms with Crippen LogP contribution in [0.1, 0.15) is 18.1 Å². The number of ether oxygens (including phenoxy) is 2. The molecule has 2 rings (SSSR count).